The van der Waals surface area contributed by atoms with E-state index in [1.807, 2.05) is 6.07 Å². The van der Waals surface area contributed by atoms with Crippen molar-refractivity contribution in [2.45, 2.75) is 38.0 Å². The van der Waals surface area contributed by atoms with Crippen LogP contribution in [0.1, 0.15) is 55.2 Å². The maximum absolute atomic E-state index is 9.40. The molecule has 0 unspecified atom stereocenters. The van der Waals surface area contributed by atoms with E-state index in [1.54, 1.807) is 0 Å². The van der Waals surface area contributed by atoms with E-state index < -0.39 is 0 Å². The lowest BCUT2D eigenvalue weighted by Crippen LogP contribution is -2.32. The van der Waals surface area contributed by atoms with E-state index in [4.69, 9.17) is 4.42 Å². The third-order valence-corrected chi connectivity index (χ3v) is 5.14. The Morgan fingerprint density at radius 3 is 2.61 bits per heavy atom. The van der Waals surface area contributed by atoms with Crippen LogP contribution in [-0.4, -0.2) is 18.1 Å². The molecule has 0 amide bonds. The Morgan fingerprint density at radius 2 is 1.91 bits per heavy atom. The molecule has 2 atom stereocenters. The van der Waals surface area contributed by atoms with Gasteiger partial charge in [-0.15, -0.1) is 0 Å². The van der Waals surface area contributed by atoms with Gasteiger partial charge < -0.3 is 9.32 Å². The molecule has 0 radical (unpaired) electrons. The van der Waals surface area contributed by atoms with Gasteiger partial charge in [-0.3, -0.25) is 0 Å². The fourth-order valence-electron chi connectivity index (χ4n) is 3.52. The van der Waals surface area contributed by atoms with Crippen molar-refractivity contribution in [1.29, 1.82) is 5.26 Å². The van der Waals surface area contributed by atoms with Gasteiger partial charge in [0.1, 0.15) is 6.07 Å². The molecule has 1 aromatic carbocycles. The number of hydrogen-bond acceptors (Lipinski definition) is 4. The summed E-state index contributed by atoms with van der Waals surface area (Å²) in [6.45, 7) is 4.19. The molecule has 1 aromatic heterocycles. The molecule has 2 heterocycles. The number of piperidine rings is 1. The second-order valence-corrected chi connectivity index (χ2v) is 6.85. The Labute approximate surface area is 136 Å². The zero-order valence-corrected chi connectivity index (χ0v) is 13.4. The molecule has 2 aromatic rings. The van der Waals surface area contributed by atoms with E-state index in [-0.39, 0.29) is 0 Å². The number of anilines is 1. The SMILES string of the molecule is CC1CCN(c2oc([C@H]3C[C@H]3c3ccccc3)nc2C#N)CC1. The van der Waals surface area contributed by atoms with Crippen LogP contribution >= 0.6 is 0 Å². The molecule has 4 nitrogen and oxygen atoms in total. The van der Waals surface area contributed by atoms with Crippen molar-refractivity contribution < 1.29 is 4.42 Å². The minimum Gasteiger partial charge on any atom is -0.423 e. The van der Waals surface area contributed by atoms with Gasteiger partial charge in [-0.1, -0.05) is 37.3 Å². The number of rotatable bonds is 3. The molecule has 4 rings (SSSR count). The summed E-state index contributed by atoms with van der Waals surface area (Å²) in [6, 6.07) is 12.7. The van der Waals surface area contributed by atoms with Crippen molar-refractivity contribution in [3.8, 4) is 6.07 Å². The summed E-state index contributed by atoms with van der Waals surface area (Å²) >= 11 is 0. The Kier molecular flexibility index (Phi) is 3.57. The van der Waals surface area contributed by atoms with Crippen molar-refractivity contribution in [3.05, 3.63) is 47.5 Å². The van der Waals surface area contributed by atoms with Gasteiger partial charge in [-0.25, -0.2) is 4.98 Å². The summed E-state index contributed by atoms with van der Waals surface area (Å²) in [5.41, 5.74) is 1.79. The Morgan fingerprint density at radius 1 is 1.17 bits per heavy atom. The highest BCUT2D eigenvalue weighted by Gasteiger charge is 2.44. The fraction of sp³-hybridized carbons (Fsp3) is 0.474. The van der Waals surface area contributed by atoms with Gasteiger partial charge in [0.15, 0.2) is 0 Å². The van der Waals surface area contributed by atoms with Gasteiger partial charge >= 0.3 is 0 Å². The minimum atomic E-state index is 0.321. The van der Waals surface area contributed by atoms with Crippen LogP contribution in [-0.2, 0) is 0 Å². The van der Waals surface area contributed by atoms with Crippen LogP contribution in [0.4, 0.5) is 5.88 Å². The lowest BCUT2D eigenvalue weighted by atomic mass is 9.99. The highest BCUT2D eigenvalue weighted by Crippen LogP contribution is 2.54. The van der Waals surface area contributed by atoms with Gasteiger partial charge in [0.25, 0.3) is 0 Å². The quantitative estimate of drug-likeness (QED) is 0.858. The first-order chi connectivity index (χ1) is 11.3. The fourth-order valence-corrected chi connectivity index (χ4v) is 3.52. The summed E-state index contributed by atoms with van der Waals surface area (Å²) in [6.07, 6.45) is 3.36. The van der Waals surface area contributed by atoms with Crippen LogP contribution in [0.2, 0.25) is 0 Å². The van der Waals surface area contributed by atoms with Crippen LogP contribution in [0.25, 0.3) is 0 Å². The molecule has 2 fully saturated rings. The number of hydrogen-bond donors (Lipinski definition) is 0. The number of aromatic nitrogens is 1. The van der Waals surface area contributed by atoms with Gasteiger partial charge in [-0.2, -0.15) is 5.26 Å². The Bertz CT molecular complexity index is 723. The van der Waals surface area contributed by atoms with Crippen molar-refractivity contribution in [2.75, 3.05) is 18.0 Å². The zero-order chi connectivity index (χ0) is 15.8. The van der Waals surface area contributed by atoms with Gasteiger partial charge in [0, 0.05) is 19.0 Å². The molecular formula is C19H21N3O. The van der Waals surface area contributed by atoms with Gasteiger partial charge in [0.2, 0.25) is 17.5 Å². The van der Waals surface area contributed by atoms with Gasteiger partial charge in [0.05, 0.1) is 0 Å². The normalized spacial score (nSPS) is 24.4. The van der Waals surface area contributed by atoms with E-state index in [0.717, 1.165) is 44.2 Å². The first kappa shape index (κ1) is 14.3. The standard InChI is InChI=1S/C19H21N3O/c1-13-7-9-22(10-8-13)19-17(12-20)21-18(23-19)16-11-15(16)14-5-3-2-4-6-14/h2-6,13,15-16H,7-11H2,1H3/t15-,16-/m0/s1. The molecule has 118 valence electrons. The third-order valence-electron chi connectivity index (χ3n) is 5.14. The number of nitrogens with zero attached hydrogens (tertiary/aromatic N) is 3. The van der Waals surface area contributed by atoms with Gasteiger partial charge in [-0.05, 0) is 36.7 Å². The molecular weight excluding hydrogens is 286 g/mol. The maximum atomic E-state index is 9.40. The second kappa shape index (κ2) is 5.73. The van der Waals surface area contributed by atoms with E-state index in [0.29, 0.717) is 23.4 Å². The lowest BCUT2D eigenvalue weighted by molar-refractivity contribution is 0.408. The van der Waals surface area contributed by atoms with E-state index in [2.05, 4.69) is 47.1 Å². The summed E-state index contributed by atoms with van der Waals surface area (Å²) in [4.78, 5) is 6.68. The maximum Gasteiger partial charge on any atom is 0.234 e. The molecule has 4 heteroatoms. The summed E-state index contributed by atoms with van der Waals surface area (Å²) in [7, 11) is 0. The lowest BCUT2D eigenvalue weighted by Gasteiger charge is -2.29. The van der Waals surface area contributed by atoms with Crippen molar-refractivity contribution in [1.82, 2.24) is 4.98 Å². The molecule has 1 saturated carbocycles. The summed E-state index contributed by atoms with van der Waals surface area (Å²) in [5, 5.41) is 9.40. The topological polar surface area (TPSA) is 53.1 Å². The monoisotopic (exact) mass is 307 g/mol. The smallest absolute Gasteiger partial charge is 0.234 e. The molecule has 23 heavy (non-hydrogen) atoms. The van der Waals surface area contributed by atoms with E-state index >= 15 is 0 Å². The van der Waals surface area contributed by atoms with E-state index in [1.165, 1.54) is 5.56 Å². The first-order valence-corrected chi connectivity index (χ1v) is 8.47. The molecule has 0 spiro atoms. The molecule has 2 aliphatic rings. The molecule has 1 aliphatic carbocycles. The number of oxazole rings is 1. The number of benzene rings is 1. The van der Waals surface area contributed by atoms with Crippen LogP contribution in [0.3, 0.4) is 0 Å². The number of nitriles is 1. The van der Waals surface area contributed by atoms with Crippen LogP contribution in [0.15, 0.2) is 34.7 Å². The molecule has 1 saturated heterocycles. The average Bonchev–Trinajstić information content (AvgIpc) is 3.28. The highest BCUT2D eigenvalue weighted by atomic mass is 16.4. The third kappa shape index (κ3) is 2.72. The first-order valence-electron chi connectivity index (χ1n) is 8.47. The Balaban J connectivity index is 1.54. The predicted octanol–water partition coefficient (Wildman–Crippen LogP) is 4.05. The predicted molar refractivity (Wildman–Crippen MR) is 88.4 cm³/mol. The van der Waals surface area contributed by atoms with Crippen LogP contribution in [0, 0.1) is 17.2 Å². The Hall–Kier alpha value is -2.28. The molecule has 0 N–H and O–H groups in total. The highest BCUT2D eigenvalue weighted by molar-refractivity contribution is 5.49. The average molecular weight is 307 g/mol. The van der Waals surface area contributed by atoms with E-state index in [9.17, 15) is 5.26 Å². The van der Waals surface area contributed by atoms with Crippen LogP contribution < -0.4 is 4.90 Å². The molecule has 0 bridgehead atoms. The van der Waals surface area contributed by atoms with Crippen molar-refractivity contribution in [2.24, 2.45) is 5.92 Å². The van der Waals surface area contributed by atoms with Crippen molar-refractivity contribution in [3.63, 3.8) is 0 Å². The largest absolute Gasteiger partial charge is 0.423 e. The van der Waals surface area contributed by atoms with Crippen molar-refractivity contribution >= 4 is 5.88 Å². The zero-order valence-electron chi connectivity index (χ0n) is 13.4. The molecule has 1 aliphatic heterocycles. The van der Waals surface area contributed by atoms with Crippen LogP contribution in [0.5, 0.6) is 0 Å². The minimum absolute atomic E-state index is 0.321. The summed E-state index contributed by atoms with van der Waals surface area (Å²) < 4.78 is 6.05. The second-order valence-electron chi connectivity index (χ2n) is 6.85. The summed E-state index contributed by atoms with van der Waals surface area (Å²) in [5.74, 6) is 2.99.